The van der Waals surface area contributed by atoms with E-state index in [1.807, 2.05) is 6.92 Å². The van der Waals surface area contributed by atoms with Crippen LogP contribution in [0.1, 0.15) is 62.8 Å². The predicted molar refractivity (Wildman–Crippen MR) is 107 cm³/mol. The number of primary amides is 1. The molecule has 1 aliphatic rings. The standard InChI is InChI=1S/C17H28N4O2.HI/c1-4-19-16(21-12-7-9-17(2,3)10-8-12)20-11-13-5-6-14(23-13)15(18)22;/h5-6,12H,4,7-11H2,1-3H3,(H2,18,22)(H2,19,20,21);1H. The van der Waals surface area contributed by atoms with Gasteiger partial charge in [-0.15, -0.1) is 24.0 Å². The fourth-order valence-electron chi connectivity index (χ4n) is 2.81. The average molecular weight is 448 g/mol. The van der Waals surface area contributed by atoms with E-state index >= 15 is 0 Å². The molecule has 2 rings (SSSR count). The molecule has 4 N–H and O–H groups in total. The minimum Gasteiger partial charge on any atom is -0.454 e. The number of halogens is 1. The van der Waals surface area contributed by atoms with E-state index in [0.717, 1.165) is 25.3 Å². The average Bonchev–Trinajstić information content (AvgIpc) is 2.96. The molecule has 1 fully saturated rings. The van der Waals surface area contributed by atoms with Crippen molar-refractivity contribution in [2.45, 2.75) is 59.0 Å². The summed E-state index contributed by atoms with van der Waals surface area (Å²) in [6, 6.07) is 3.77. The van der Waals surface area contributed by atoms with Crippen LogP contribution in [0.5, 0.6) is 0 Å². The third-order valence-electron chi connectivity index (χ3n) is 4.32. The van der Waals surface area contributed by atoms with E-state index in [9.17, 15) is 4.79 Å². The van der Waals surface area contributed by atoms with Gasteiger partial charge < -0.3 is 20.8 Å². The summed E-state index contributed by atoms with van der Waals surface area (Å²) in [6.45, 7) is 7.88. The Morgan fingerprint density at radius 2 is 2.04 bits per heavy atom. The fourth-order valence-corrected chi connectivity index (χ4v) is 2.81. The monoisotopic (exact) mass is 448 g/mol. The van der Waals surface area contributed by atoms with Crippen LogP contribution >= 0.6 is 24.0 Å². The minimum atomic E-state index is -0.560. The molecule has 0 radical (unpaired) electrons. The molecule has 24 heavy (non-hydrogen) atoms. The first-order chi connectivity index (χ1) is 10.9. The van der Waals surface area contributed by atoms with Crippen molar-refractivity contribution in [3.8, 4) is 0 Å². The van der Waals surface area contributed by atoms with Crippen LogP contribution in [0.2, 0.25) is 0 Å². The molecule has 1 heterocycles. The van der Waals surface area contributed by atoms with Gasteiger partial charge in [0.05, 0.1) is 0 Å². The Balaban J connectivity index is 0.00000288. The third kappa shape index (κ3) is 6.33. The number of nitrogens with one attached hydrogen (secondary N) is 2. The maximum Gasteiger partial charge on any atom is 0.284 e. The SMILES string of the molecule is CCNC(=NCc1ccc(C(N)=O)o1)NC1CCC(C)(C)CC1.I. The smallest absolute Gasteiger partial charge is 0.284 e. The third-order valence-corrected chi connectivity index (χ3v) is 4.32. The molecule has 1 amide bonds. The first-order valence-corrected chi connectivity index (χ1v) is 8.33. The zero-order chi connectivity index (χ0) is 16.9. The minimum absolute atomic E-state index is 0. The number of amides is 1. The highest BCUT2D eigenvalue weighted by Crippen LogP contribution is 2.34. The van der Waals surface area contributed by atoms with Crippen molar-refractivity contribution in [2.24, 2.45) is 16.1 Å². The van der Waals surface area contributed by atoms with Crippen molar-refractivity contribution in [1.29, 1.82) is 0 Å². The Morgan fingerprint density at radius 3 is 2.58 bits per heavy atom. The first-order valence-electron chi connectivity index (χ1n) is 8.33. The summed E-state index contributed by atoms with van der Waals surface area (Å²) in [7, 11) is 0. The molecule has 1 saturated carbocycles. The van der Waals surface area contributed by atoms with Crippen molar-refractivity contribution in [3.05, 3.63) is 23.7 Å². The van der Waals surface area contributed by atoms with Crippen molar-refractivity contribution in [1.82, 2.24) is 10.6 Å². The summed E-state index contributed by atoms with van der Waals surface area (Å²) in [4.78, 5) is 15.6. The van der Waals surface area contributed by atoms with Crippen LogP contribution in [-0.2, 0) is 6.54 Å². The van der Waals surface area contributed by atoms with E-state index < -0.39 is 5.91 Å². The molecule has 6 nitrogen and oxygen atoms in total. The lowest BCUT2D eigenvalue weighted by Gasteiger charge is -2.35. The van der Waals surface area contributed by atoms with E-state index in [0.29, 0.717) is 23.8 Å². The maximum atomic E-state index is 11.0. The quantitative estimate of drug-likeness (QED) is 0.367. The number of rotatable bonds is 5. The van der Waals surface area contributed by atoms with Gasteiger partial charge in [-0.05, 0) is 50.2 Å². The van der Waals surface area contributed by atoms with Crippen molar-refractivity contribution >= 4 is 35.8 Å². The van der Waals surface area contributed by atoms with Gasteiger partial charge in [-0.2, -0.15) is 0 Å². The molecule has 0 unspecified atom stereocenters. The lowest BCUT2D eigenvalue weighted by atomic mass is 9.75. The second-order valence-electron chi connectivity index (χ2n) is 6.91. The zero-order valence-corrected chi connectivity index (χ0v) is 17.1. The first kappa shape index (κ1) is 20.8. The molecule has 1 aliphatic carbocycles. The number of nitrogens with zero attached hydrogens (tertiary/aromatic N) is 1. The second kappa shape index (κ2) is 9.29. The maximum absolute atomic E-state index is 11.0. The molecular formula is C17H29IN4O2. The molecule has 0 aliphatic heterocycles. The van der Waals surface area contributed by atoms with E-state index in [4.69, 9.17) is 10.2 Å². The lowest BCUT2D eigenvalue weighted by molar-refractivity contribution is 0.0972. The van der Waals surface area contributed by atoms with E-state index in [1.54, 1.807) is 12.1 Å². The van der Waals surface area contributed by atoms with E-state index in [-0.39, 0.29) is 29.7 Å². The van der Waals surface area contributed by atoms with Gasteiger partial charge in [0.2, 0.25) is 0 Å². The van der Waals surface area contributed by atoms with Gasteiger partial charge in [0.25, 0.3) is 5.91 Å². The Hall–Kier alpha value is -1.25. The van der Waals surface area contributed by atoms with Crippen LogP contribution in [0.3, 0.4) is 0 Å². The summed E-state index contributed by atoms with van der Waals surface area (Å²) < 4.78 is 5.35. The molecular weight excluding hydrogens is 419 g/mol. The summed E-state index contributed by atoms with van der Waals surface area (Å²) in [5, 5.41) is 6.76. The van der Waals surface area contributed by atoms with E-state index in [1.165, 1.54) is 12.8 Å². The summed E-state index contributed by atoms with van der Waals surface area (Å²) >= 11 is 0. The number of hydrogen-bond acceptors (Lipinski definition) is 3. The van der Waals surface area contributed by atoms with Gasteiger partial charge in [-0.25, -0.2) is 4.99 Å². The van der Waals surface area contributed by atoms with Gasteiger partial charge in [-0.3, -0.25) is 4.79 Å². The normalized spacial score (nSPS) is 17.9. The van der Waals surface area contributed by atoms with Crippen LogP contribution in [-0.4, -0.2) is 24.5 Å². The molecule has 1 aromatic heterocycles. The Bertz CT molecular complexity index is 559. The number of carbonyl (C=O) groups is 1. The predicted octanol–water partition coefficient (Wildman–Crippen LogP) is 3.02. The highest BCUT2D eigenvalue weighted by Gasteiger charge is 2.27. The summed E-state index contributed by atoms with van der Waals surface area (Å²) in [6.07, 6.45) is 4.77. The van der Waals surface area contributed by atoms with E-state index in [2.05, 4.69) is 29.5 Å². The van der Waals surface area contributed by atoms with Crippen molar-refractivity contribution in [2.75, 3.05) is 6.54 Å². The largest absolute Gasteiger partial charge is 0.454 e. The van der Waals surface area contributed by atoms with Crippen LogP contribution in [0.4, 0.5) is 0 Å². The molecule has 0 atom stereocenters. The van der Waals surface area contributed by atoms with Crippen LogP contribution in [0.25, 0.3) is 0 Å². The van der Waals surface area contributed by atoms with Crippen LogP contribution in [0.15, 0.2) is 21.5 Å². The number of aliphatic imine (C=N–C) groups is 1. The van der Waals surface area contributed by atoms with Crippen molar-refractivity contribution < 1.29 is 9.21 Å². The number of carbonyl (C=O) groups excluding carboxylic acids is 1. The Kier molecular flexibility index (Phi) is 8.05. The number of hydrogen-bond donors (Lipinski definition) is 3. The van der Waals surface area contributed by atoms with Gasteiger partial charge in [0.1, 0.15) is 12.3 Å². The van der Waals surface area contributed by atoms with Gasteiger partial charge in [-0.1, -0.05) is 13.8 Å². The molecule has 7 heteroatoms. The Morgan fingerprint density at radius 1 is 1.38 bits per heavy atom. The topological polar surface area (TPSA) is 92.6 Å². The van der Waals surface area contributed by atoms with Gasteiger partial charge >= 0.3 is 0 Å². The molecule has 1 aromatic rings. The van der Waals surface area contributed by atoms with Gasteiger partial charge in [0.15, 0.2) is 11.7 Å². The molecule has 0 spiro atoms. The molecule has 0 saturated heterocycles. The molecule has 0 aromatic carbocycles. The highest BCUT2D eigenvalue weighted by molar-refractivity contribution is 14.0. The fraction of sp³-hybridized carbons (Fsp3) is 0.647. The van der Waals surface area contributed by atoms with Crippen LogP contribution in [0, 0.1) is 5.41 Å². The zero-order valence-electron chi connectivity index (χ0n) is 14.7. The van der Waals surface area contributed by atoms with Crippen molar-refractivity contribution in [3.63, 3.8) is 0 Å². The number of guanidine groups is 1. The number of nitrogens with two attached hydrogens (primary N) is 1. The molecule has 136 valence electrons. The Labute approximate surface area is 161 Å². The second-order valence-corrected chi connectivity index (χ2v) is 6.91. The molecule has 0 bridgehead atoms. The highest BCUT2D eigenvalue weighted by atomic mass is 127. The lowest BCUT2D eigenvalue weighted by Crippen LogP contribution is -2.45. The number of furan rings is 1. The summed E-state index contributed by atoms with van der Waals surface area (Å²) in [5.41, 5.74) is 5.63. The summed E-state index contributed by atoms with van der Waals surface area (Å²) in [5.74, 6) is 1.02. The van der Waals surface area contributed by atoms with Gasteiger partial charge in [0, 0.05) is 12.6 Å². The van der Waals surface area contributed by atoms with Crippen LogP contribution < -0.4 is 16.4 Å².